The number of hydrogen-bond donors (Lipinski definition) is 0. The highest BCUT2D eigenvalue weighted by molar-refractivity contribution is 6.33. The SMILES string of the molecule is CCn1c(C(=O)OC)ccc1-c1ccccc1Cl. The van der Waals surface area contributed by atoms with E-state index in [1.807, 2.05) is 41.8 Å². The second-order valence-corrected chi connectivity index (χ2v) is 4.23. The largest absolute Gasteiger partial charge is 0.464 e. The molecule has 0 bridgehead atoms. The van der Waals surface area contributed by atoms with Crippen LogP contribution in [0.25, 0.3) is 11.3 Å². The van der Waals surface area contributed by atoms with Crippen LogP contribution in [0, 0.1) is 0 Å². The molecule has 94 valence electrons. The number of ether oxygens (including phenoxy) is 1. The van der Waals surface area contributed by atoms with E-state index in [9.17, 15) is 4.79 Å². The van der Waals surface area contributed by atoms with Crippen LogP contribution in [-0.2, 0) is 11.3 Å². The van der Waals surface area contributed by atoms with Crippen molar-refractivity contribution in [3.63, 3.8) is 0 Å². The van der Waals surface area contributed by atoms with Crippen LogP contribution in [0.4, 0.5) is 0 Å². The predicted molar refractivity (Wildman–Crippen MR) is 71.9 cm³/mol. The van der Waals surface area contributed by atoms with Gasteiger partial charge in [-0.25, -0.2) is 4.79 Å². The summed E-state index contributed by atoms with van der Waals surface area (Å²) in [4.78, 5) is 11.6. The average Bonchev–Trinajstić information content (AvgIpc) is 2.81. The molecule has 0 fully saturated rings. The van der Waals surface area contributed by atoms with Crippen LogP contribution < -0.4 is 0 Å². The van der Waals surface area contributed by atoms with Crippen molar-refractivity contribution in [2.45, 2.75) is 13.5 Å². The molecule has 1 heterocycles. The molecule has 0 aliphatic carbocycles. The first-order chi connectivity index (χ1) is 8.69. The minimum absolute atomic E-state index is 0.338. The number of benzene rings is 1. The lowest BCUT2D eigenvalue weighted by atomic mass is 10.1. The Morgan fingerprint density at radius 1 is 1.28 bits per heavy atom. The van der Waals surface area contributed by atoms with Crippen molar-refractivity contribution in [1.82, 2.24) is 4.57 Å². The van der Waals surface area contributed by atoms with Gasteiger partial charge in [-0.1, -0.05) is 29.8 Å². The Morgan fingerprint density at radius 2 is 2.00 bits per heavy atom. The highest BCUT2D eigenvalue weighted by atomic mass is 35.5. The van der Waals surface area contributed by atoms with Gasteiger partial charge < -0.3 is 9.30 Å². The number of hydrogen-bond acceptors (Lipinski definition) is 2. The molecule has 3 nitrogen and oxygen atoms in total. The lowest BCUT2D eigenvalue weighted by molar-refractivity contribution is 0.0589. The zero-order valence-electron chi connectivity index (χ0n) is 10.3. The Balaban J connectivity index is 2.56. The maximum atomic E-state index is 11.6. The maximum Gasteiger partial charge on any atom is 0.354 e. The zero-order chi connectivity index (χ0) is 13.1. The lowest BCUT2D eigenvalue weighted by Crippen LogP contribution is -2.10. The first kappa shape index (κ1) is 12.7. The summed E-state index contributed by atoms with van der Waals surface area (Å²) >= 11 is 6.18. The molecule has 0 spiro atoms. The van der Waals surface area contributed by atoms with E-state index in [-0.39, 0.29) is 5.97 Å². The van der Waals surface area contributed by atoms with Gasteiger partial charge in [0, 0.05) is 17.1 Å². The molecular formula is C14H14ClNO2. The smallest absolute Gasteiger partial charge is 0.354 e. The Kier molecular flexibility index (Phi) is 3.72. The van der Waals surface area contributed by atoms with Crippen molar-refractivity contribution in [1.29, 1.82) is 0 Å². The van der Waals surface area contributed by atoms with Gasteiger partial charge in [-0.3, -0.25) is 0 Å². The molecule has 2 rings (SSSR count). The van der Waals surface area contributed by atoms with E-state index in [2.05, 4.69) is 0 Å². The second-order valence-electron chi connectivity index (χ2n) is 3.82. The number of nitrogens with zero attached hydrogens (tertiary/aromatic N) is 1. The molecule has 18 heavy (non-hydrogen) atoms. The first-order valence-electron chi connectivity index (χ1n) is 5.71. The molecule has 0 saturated carbocycles. The number of aromatic nitrogens is 1. The fourth-order valence-corrected chi connectivity index (χ4v) is 2.23. The van der Waals surface area contributed by atoms with Crippen LogP contribution in [0.5, 0.6) is 0 Å². The first-order valence-corrected chi connectivity index (χ1v) is 6.09. The summed E-state index contributed by atoms with van der Waals surface area (Å²) in [5.74, 6) is -0.338. The molecular weight excluding hydrogens is 250 g/mol. The second kappa shape index (κ2) is 5.27. The summed E-state index contributed by atoms with van der Waals surface area (Å²) < 4.78 is 6.66. The van der Waals surface area contributed by atoms with E-state index in [1.54, 1.807) is 6.07 Å². The van der Waals surface area contributed by atoms with Gasteiger partial charge in [-0.05, 0) is 25.1 Å². The normalized spacial score (nSPS) is 10.4. The highest BCUT2D eigenvalue weighted by Gasteiger charge is 2.16. The monoisotopic (exact) mass is 263 g/mol. The minimum atomic E-state index is -0.338. The van der Waals surface area contributed by atoms with E-state index >= 15 is 0 Å². The Morgan fingerprint density at radius 3 is 2.61 bits per heavy atom. The summed E-state index contributed by atoms with van der Waals surface area (Å²) in [5, 5.41) is 0.668. The number of carbonyl (C=O) groups is 1. The molecule has 0 radical (unpaired) electrons. The molecule has 2 aromatic rings. The third-order valence-corrected chi connectivity index (χ3v) is 3.17. The number of methoxy groups -OCH3 is 1. The van der Waals surface area contributed by atoms with Gasteiger partial charge in [-0.2, -0.15) is 0 Å². The van der Waals surface area contributed by atoms with Crippen molar-refractivity contribution >= 4 is 17.6 Å². The molecule has 1 aromatic carbocycles. The Bertz CT molecular complexity index is 575. The Hall–Kier alpha value is -1.74. The molecule has 0 aliphatic rings. The summed E-state index contributed by atoms with van der Waals surface area (Å²) in [7, 11) is 1.38. The molecule has 1 aromatic heterocycles. The third kappa shape index (κ3) is 2.14. The van der Waals surface area contributed by atoms with Crippen molar-refractivity contribution in [3.8, 4) is 11.3 Å². The van der Waals surface area contributed by atoms with Crippen molar-refractivity contribution < 1.29 is 9.53 Å². The van der Waals surface area contributed by atoms with E-state index in [4.69, 9.17) is 16.3 Å². The van der Waals surface area contributed by atoms with E-state index < -0.39 is 0 Å². The van der Waals surface area contributed by atoms with Gasteiger partial charge in [0.1, 0.15) is 5.69 Å². The Labute approximate surface area is 111 Å². The van der Waals surface area contributed by atoms with E-state index in [1.165, 1.54) is 7.11 Å². The lowest BCUT2D eigenvalue weighted by Gasteiger charge is -2.11. The van der Waals surface area contributed by atoms with E-state index in [0.29, 0.717) is 17.3 Å². The molecule has 0 amide bonds. The number of rotatable bonds is 3. The highest BCUT2D eigenvalue weighted by Crippen LogP contribution is 2.29. The topological polar surface area (TPSA) is 31.2 Å². The van der Waals surface area contributed by atoms with Gasteiger partial charge in [0.2, 0.25) is 0 Å². The van der Waals surface area contributed by atoms with Crippen molar-refractivity contribution in [2.75, 3.05) is 7.11 Å². The minimum Gasteiger partial charge on any atom is -0.464 e. The predicted octanol–water partition coefficient (Wildman–Crippen LogP) is 3.62. The summed E-state index contributed by atoms with van der Waals surface area (Å²) in [5.41, 5.74) is 2.37. The fraction of sp³-hybridized carbons (Fsp3) is 0.214. The van der Waals surface area contributed by atoms with Gasteiger partial charge in [0.15, 0.2) is 0 Å². The summed E-state index contributed by atoms with van der Waals surface area (Å²) in [6, 6.07) is 11.2. The standard InChI is InChI=1S/C14H14ClNO2/c1-3-16-12(8-9-13(16)14(17)18-2)10-6-4-5-7-11(10)15/h4-9H,3H2,1-2H3. The van der Waals surface area contributed by atoms with Gasteiger partial charge in [-0.15, -0.1) is 0 Å². The molecule has 0 N–H and O–H groups in total. The van der Waals surface area contributed by atoms with Crippen molar-refractivity contribution in [2.24, 2.45) is 0 Å². The van der Waals surface area contributed by atoms with Crippen molar-refractivity contribution in [3.05, 3.63) is 47.1 Å². The van der Waals surface area contributed by atoms with Gasteiger partial charge >= 0.3 is 5.97 Å². The van der Waals surface area contributed by atoms with Crippen LogP contribution in [0.3, 0.4) is 0 Å². The fourth-order valence-electron chi connectivity index (χ4n) is 2.00. The van der Waals surface area contributed by atoms with Crippen LogP contribution in [0.15, 0.2) is 36.4 Å². The molecule has 0 unspecified atom stereocenters. The summed E-state index contributed by atoms with van der Waals surface area (Å²) in [6.07, 6.45) is 0. The molecule has 0 saturated heterocycles. The summed E-state index contributed by atoms with van der Waals surface area (Å²) in [6.45, 7) is 2.66. The van der Waals surface area contributed by atoms with Crippen LogP contribution in [-0.4, -0.2) is 17.6 Å². The number of esters is 1. The van der Waals surface area contributed by atoms with Gasteiger partial charge in [0.05, 0.1) is 12.8 Å². The zero-order valence-corrected chi connectivity index (χ0v) is 11.1. The van der Waals surface area contributed by atoms with Crippen LogP contribution >= 0.6 is 11.6 Å². The third-order valence-electron chi connectivity index (χ3n) is 2.84. The number of halogens is 1. The van der Waals surface area contributed by atoms with Crippen LogP contribution in [0.1, 0.15) is 17.4 Å². The molecule has 0 atom stereocenters. The van der Waals surface area contributed by atoms with Gasteiger partial charge in [0.25, 0.3) is 0 Å². The average molecular weight is 264 g/mol. The van der Waals surface area contributed by atoms with E-state index in [0.717, 1.165) is 11.3 Å². The van der Waals surface area contributed by atoms with Crippen LogP contribution in [0.2, 0.25) is 5.02 Å². The molecule has 4 heteroatoms. The maximum absolute atomic E-state index is 11.6. The quantitative estimate of drug-likeness (QED) is 0.792. The molecule has 0 aliphatic heterocycles. The number of carbonyl (C=O) groups excluding carboxylic acids is 1.